The van der Waals surface area contributed by atoms with E-state index in [-0.39, 0.29) is 0 Å². The summed E-state index contributed by atoms with van der Waals surface area (Å²) in [6.45, 7) is 6.43. The van der Waals surface area contributed by atoms with Crippen molar-refractivity contribution in [3.8, 4) is 0 Å². The predicted molar refractivity (Wildman–Crippen MR) is 92.7 cm³/mol. The molecular formula is C18H24N4O2. The van der Waals surface area contributed by atoms with E-state index in [2.05, 4.69) is 20.2 Å². The molecule has 0 aliphatic carbocycles. The number of nitrogens with zero attached hydrogens (tertiary/aromatic N) is 3. The van der Waals surface area contributed by atoms with Gasteiger partial charge >= 0.3 is 0 Å². The van der Waals surface area contributed by atoms with Crippen molar-refractivity contribution in [3.05, 3.63) is 53.3 Å². The van der Waals surface area contributed by atoms with E-state index in [9.17, 15) is 5.11 Å². The molecule has 0 radical (unpaired) electrons. The fourth-order valence-corrected chi connectivity index (χ4v) is 2.63. The molecule has 24 heavy (non-hydrogen) atoms. The molecule has 0 saturated carbocycles. The van der Waals surface area contributed by atoms with Gasteiger partial charge in [-0.2, -0.15) is 0 Å². The van der Waals surface area contributed by atoms with Crippen LogP contribution in [-0.2, 0) is 17.8 Å². The third kappa shape index (κ3) is 4.50. The molecule has 1 aliphatic heterocycles. The standard InChI is InChI=1S/C18H24N4O2/c1-14(23)17-4-2-15(3-5-17)10-19-11-16-12-20-18(21-13-16)22-6-8-24-9-7-22/h2-5,12-14,19,23H,6-11H2,1H3/t14-/m0/s1. The maximum atomic E-state index is 9.52. The first-order chi connectivity index (χ1) is 11.7. The van der Waals surface area contributed by atoms with Gasteiger partial charge in [0.25, 0.3) is 0 Å². The van der Waals surface area contributed by atoms with Crippen molar-refractivity contribution < 1.29 is 9.84 Å². The Kier molecular flexibility index (Phi) is 5.74. The number of anilines is 1. The van der Waals surface area contributed by atoms with E-state index in [0.717, 1.165) is 56.5 Å². The van der Waals surface area contributed by atoms with Crippen molar-refractivity contribution in [1.29, 1.82) is 0 Å². The van der Waals surface area contributed by atoms with Gasteiger partial charge in [-0.1, -0.05) is 24.3 Å². The lowest BCUT2D eigenvalue weighted by molar-refractivity contribution is 0.122. The molecule has 6 nitrogen and oxygen atoms in total. The van der Waals surface area contributed by atoms with E-state index in [4.69, 9.17) is 4.74 Å². The second-order valence-corrected chi connectivity index (χ2v) is 6.01. The Balaban J connectivity index is 1.47. The van der Waals surface area contributed by atoms with E-state index in [1.54, 1.807) is 6.92 Å². The minimum atomic E-state index is -0.422. The van der Waals surface area contributed by atoms with Crippen molar-refractivity contribution in [3.63, 3.8) is 0 Å². The number of benzene rings is 1. The molecule has 3 rings (SSSR count). The largest absolute Gasteiger partial charge is 0.389 e. The van der Waals surface area contributed by atoms with E-state index < -0.39 is 6.10 Å². The average molecular weight is 328 g/mol. The summed E-state index contributed by atoms with van der Waals surface area (Å²) < 4.78 is 5.34. The van der Waals surface area contributed by atoms with Crippen LogP contribution in [-0.4, -0.2) is 41.4 Å². The lowest BCUT2D eigenvalue weighted by Gasteiger charge is -2.26. The first-order valence-electron chi connectivity index (χ1n) is 8.33. The summed E-state index contributed by atoms with van der Waals surface area (Å²) in [5, 5.41) is 12.9. The van der Waals surface area contributed by atoms with Crippen LogP contribution >= 0.6 is 0 Å². The molecule has 6 heteroatoms. The highest BCUT2D eigenvalue weighted by molar-refractivity contribution is 5.30. The summed E-state index contributed by atoms with van der Waals surface area (Å²) in [5.41, 5.74) is 3.18. The molecule has 1 fully saturated rings. The normalized spacial score (nSPS) is 16.2. The van der Waals surface area contributed by atoms with Crippen LogP contribution in [0.2, 0.25) is 0 Å². The van der Waals surface area contributed by atoms with E-state index >= 15 is 0 Å². The average Bonchev–Trinajstić information content (AvgIpc) is 2.63. The monoisotopic (exact) mass is 328 g/mol. The van der Waals surface area contributed by atoms with Crippen molar-refractivity contribution in [2.45, 2.75) is 26.1 Å². The number of hydrogen-bond donors (Lipinski definition) is 2. The number of nitrogens with one attached hydrogen (secondary N) is 1. The fraction of sp³-hybridized carbons (Fsp3) is 0.444. The van der Waals surface area contributed by atoms with Crippen LogP contribution in [0, 0.1) is 0 Å². The Morgan fingerprint density at radius 2 is 1.71 bits per heavy atom. The third-order valence-electron chi connectivity index (χ3n) is 4.11. The zero-order chi connectivity index (χ0) is 16.8. The van der Waals surface area contributed by atoms with Crippen molar-refractivity contribution in [1.82, 2.24) is 15.3 Å². The summed E-state index contributed by atoms with van der Waals surface area (Å²) in [7, 11) is 0. The molecule has 2 heterocycles. The molecule has 0 spiro atoms. The summed E-state index contributed by atoms with van der Waals surface area (Å²) in [6, 6.07) is 7.99. The van der Waals surface area contributed by atoms with Crippen LogP contribution in [0.15, 0.2) is 36.7 Å². The van der Waals surface area contributed by atoms with Crippen LogP contribution in [0.25, 0.3) is 0 Å². The number of hydrogen-bond acceptors (Lipinski definition) is 6. The van der Waals surface area contributed by atoms with Crippen LogP contribution in [0.3, 0.4) is 0 Å². The molecule has 2 N–H and O–H groups in total. The van der Waals surface area contributed by atoms with Gasteiger partial charge in [0.1, 0.15) is 0 Å². The van der Waals surface area contributed by atoms with Gasteiger partial charge in [-0.05, 0) is 18.1 Å². The molecule has 1 saturated heterocycles. The Morgan fingerprint density at radius 3 is 2.33 bits per heavy atom. The van der Waals surface area contributed by atoms with Gasteiger partial charge in [-0.3, -0.25) is 0 Å². The summed E-state index contributed by atoms with van der Waals surface area (Å²) in [4.78, 5) is 11.0. The third-order valence-corrected chi connectivity index (χ3v) is 4.11. The van der Waals surface area contributed by atoms with Crippen LogP contribution in [0.4, 0.5) is 5.95 Å². The second kappa shape index (κ2) is 8.19. The lowest BCUT2D eigenvalue weighted by Crippen LogP contribution is -2.37. The van der Waals surface area contributed by atoms with Gasteiger partial charge in [0.05, 0.1) is 19.3 Å². The number of aromatic nitrogens is 2. The number of aliphatic hydroxyl groups is 1. The summed E-state index contributed by atoms with van der Waals surface area (Å²) in [6.07, 6.45) is 3.33. The Morgan fingerprint density at radius 1 is 1.08 bits per heavy atom. The quantitative estimate of drug-likeness (QED) is 0.840. The first-order valence-corrected chi connectivity index (χ1v) is 8.33. The minimum absolute atomic E-state index is 0.422. The molecular weight excluding hydrogens is 304 g/mol. The molecule has 0 amide bonds. The SMILES string of the molecule is C[C@H](O)c1ccc(CNCc2cnc(N3CCOCC3)nc2)cc1. The number of ether oxygens (including phenoxy) is 1. The zero-order valence-electron chi connectivity index (χ0n) is 14.0. The van der Waals surface area contributed by atoms with E-state index in [0.29, 0.717) is 0 Å². The number of rotatable bonds is 6. The van der Waals surface area contributed by atoms with Crippen molar-refractivity contribution in [2.75, 3.05) is 31.2 Å². The Bertz CT molecular complexity index is 622. The van der Waals surface area contributed by atoms with Crippen LogP contribution in [0.5, 0.6) is 0 Å². The van der Waals surface area contributed by atoms with Gasteiger partial charge in [0.2, 0.25) is 5.95 Å². The maximum absolute atomic E-state index is 9.52. The summed E-state index contributed by atoms with van der Waals surface area (Å²) in [5.74, 6) is 0.774. The van der Waals surface area contributed by atoms with Gasteiger partial charge in [-0.15, -0.1) is 0 Å². The summed E-state index contributed by atoms with van der Waals surface area (Å²) >= 11 is 0. The fourth-order valence-electron chi connectivity index (χ4n) is 2.63. The van der Waals surface area contributed by atoms with Gasteiger partial charge in [0, 0.05) is 44.1 Å². The van der Waals surface area contributed by atoms with Gasteiger partial charge in [-0.25, -0.2) is 9.97 Å². The Labute approximate surface area is 142 Å². The van der Waals surface area contributed by atoms with Crippen LogP contribution < -0.4 is 10.2 Å². The highest BCUT2D eigenvalue weighted by Gasteiger charge is 2.13. The Hall–Kier alpha value is -2.02. The predicted octanol–water partition coefficient (Wildman–Crippen LogP) is 1.66. The molecule has 128 valence electrons. The highest BCUT2D eigenvalue weighted by Crippen LogP contribution is 2.13. The molecule has 0 unspecified atom stereocenters. The molecule has 1 aromatic heterocycles. The molecule has 1 aromatic carbocycles. The maximum Gasteiger partial charge on any atom is 0.225 e. The van der Waals surface area contributed by atoms with E-state index in [1.165, 1.54) is 5.56 Å². The van der Waals surface area contributed by atoms with Gasteiger partial charge < -0.3 is 20.1 Å². The van der Waals surface area contributed by atoms with Crippen LogP contribution in [0.1, 0.15) is 29.7 Å². The number of aliphatic hydroxyl groups excluding tert-OH is 1. The topological polar surface area (TPSA) is 70.5 Å². The van der Waals surface area contributed by atoms with Crippen molar-refractivity contribution in [2.24, 2.45) is 0 Å². The van der Waals surface area contributed by atoms with Crippen molar-refractivity contribution >= 4 is 5.95 Å². The molecule has 1 aliphatic rings. The second-order valence-electron chi connectivity index (χ2n) is 6.01. The zero-order valence-corrected chi connectivity index (χ0v) is 14.0. The molecule has 2 aromatic rings. The highest BCUT2D eigenvalue weighted by atomic mass is 16.5. The minimum Gasteiger partial charge on any atom is -0.389 e. The molecule has 1 atom stereocenters. The first kappa shape index (κ1) is 16.8. The lowest BCUT2D eigenvalue weighted by atomic mass is 10.1. The van der Waals surface area contributed by atoms with Gasteiger partial charge in [0.15, 0.2) is 0 Å². The van der Waals surface area contributed by atoms with E-state index in [1.807, 2.05) is 36.7 Å². The molecule has 0 bridgehead atoms. The smallest absolute Gasteiger partial charge is 0.225 e. The number of morpholine rings is 1.